The Morgan fingerprint density at radius 2 is 2.40 bits per heavy atom. The second kappa shape index (κ2) is 5.14. The molecule has 0 aliphatic carbocycles. The zero-order chi connectivity index (χ0) is 10.7. The summed E-state index contributed by atoms with van der Waals surface area (Å²) < 4.78 is 5.24. The molecule has 0 N–H and O–H groups in total. The van der Waals surface area contributed by atoms with Crippen LogP contribution in [0.15, 0.2) is 23.1 Å². The van der Waals surface area contributed by atoms with E-state index in [1.165, 1.54) is 10.5 Å². The minimum absolute atomic E-state index is 0.817. The fourth-order valence-electron chi connectivity index (χ4n) is 1.67. The van der Waals surface area contributed by atoms with Gasteiger partial charge in [0.05, 0.1) is 7.11 Å². The van der Waals surface area contributed by atoms with Gasteiger partial charge in [-0.1, -0.05) is 0 Å². The normalized spacial score (nSPS) is 16.9. The molecule has 4 heteroatoms. The third-order valence-electron chi connectivity index (χ3n) is 2.53. The van der Waals surface area contributed by atoms with Crippen LogP contribution in [0.2, 0.25) is 0 Å². The van der Waals surface area contributed by atoms with Crippen molar-refractivity contribution in [2.24, 2.45) is 0 Å². The van der Waals surface area contributed by atoms with Crippen molar-refractivity contribution in [2.45, 2.75) is 11.4 Å². The van der Waals surface area contributed by atoms with Crippen LogP contribution in [0, 0.1) is 0 Å². The standard InChI is InChI=1S/C11H15NOS2/c1-13-10-2-3-11-9(6-10)7-12(8-14)4-5-15-11/h2-3,6,14H,4-5,7-8H2,1H3. The van der Waals surface area contributed by atoms with Gasteiger partial charge in [-0.15, -0.1) is 11.8 Å². The number of methoxy groups -OCH3 is 1. The van der Waals surface area contributed by atoms with Crippen molar-refractivity contribution in [3.8, 4) is 5.75 Å². The molecule has 1 heterocycles. The zero-order valence-corrected chi connectivity index (χ0v) is 10.5. The monoisotopic (exact) mass is 241 g/mol. The lowest BCUT2D eigenvalue weighted by atomic mass is 10.2. The van der Waals surface area contributed by atoms with Gasteiger partial charge >= 0.3 is 0 Å². The van der Waals surface area contributed by atoms with Crippen molar-refractivity contribution in [1.82, 2.24) is 4.90 Å². The average molecular weight is 241 g/mol. The maximum absolute atomic E-state index is 5.24. The number of benzene rings is 1. The number of hydrogen-bond donors (Lipinski definition) is 1. The lowest BCUT2D eigenvalue weighted by Gasteiger charge is -2.16. The predicted octanol–water partition coefficient (Wildman–Crippen LogP) is 2.49. The number of hydrogen-bond acceptors (Lipinski definition) is 4. The predicted molar refractivity (Wildman–Crippen MR) is 68.0 cm³/mol. The molecule has 0 spiro atoms. The van der Waals surface area contributed by atoms with Gasteiger partial charge in [-0.05, 0) is 23.8 Å². The van der Waals surface area contributed by atoms with Crippen molar-refractivity contribution in [3.05, 3.63) is 23.8 Å². The average Bonchev–Trinajstić information content (AvgIpc) is 2.49. The van der Waals surface area contributed by atoms with E-state index in [1.807, 2.05) is 17.8 Å². The van der Waals surface area contributed by atoms with Crippen molar-refractivity contribution in [3.63, 3.8) is 0 Å². The van der Waals surface area contributed by atoms with Crippen LogP contribution in [0.3, 0.4) is 0 Å². The molecule has 0 aromatic heterocycles. The number of rotatable bonds is 2. The van der Waals surface area contributed by atoms with Crippen LogP contribution >= 0.6 is 24.4 Å². The number of thioether (sulfide) groups is 1. The lowest BCUT2D eigenvalue weighted by molar-refractivity contribution is 0.334. The van der Waals surface area contributed by atoms with Crippen LogP contribution in [0.25, 0.3) is 0 Å². The van der Waals surface area contributed by atoms with Gasteiger partial charge in [0.1, 0.15) is 5.75 Å². The van der Waals surface area contributed by atoms with Gasteiger partial charge in [-0.3, -0.25) is 4.90 Å². The maximum Gasteiger partial charge on any atom is 0.119 e. The first-order valence-corrected chi connectivity index (χ1v) is 6.58. The summed E-state index contributed by atoms with van der Waals surface area (Å²) in [4.78, 5) is 3.71. The first-order valence-electron chi connectivity index (χ1n) is 4.96. The molecule has 0 atom stereocenters. The van der Waals surface area contributed by atoms with E-state index in [0.29, 0.717) is 0 Å². The van der Waals surface area contributed by atoms with Gasteiger partial charge < -0.3 is 4.74 Å². The molecular formula is C11H15NOS2. The summed E-state index contributed by atoms with van der Waals surface area (Å²) in [5.74, 6) is 2.90. The molecule has 0 radical (unpaired) electrons. The Bertz CT molecular complexity index is 343. The maximum atomic E-state index is 5.24. The highest BCUT2D eigenvalue weighted by molar-refractivity contribution is 7.99. The molecule has 15 heavy (non-hydrogen) atoms. The zero-order valence-electron chi connectivity index (χ0n) is 8.77. The number of nitrogens with zero attached hydrogens (tertiary/aromatic N) is 1. The first-order chi connectivity index (χ1) is 7.33. The van der Waals surface area contributed by atoms with E-state index >= 15 is 0 Å². The van der Waals surface area contributed by atoms with E-state index in [2.05, 4.69) is 29.7 Å². The second-order valence-corrected chi connectivity index (χ2v) is 4.94. The summed E-state index contributed by atoms with van der Waals surface area (Å²) in [6.45, 7) is 2.08. The van der Waals surface area contributed by atoms with Crippen LogP contribution in [0.5, 0.6) is 5.75 Å². The molecule has 1 aliphatic heterocycles. The van der Waals surface area contributed by atoms with Crippen molar-refractivity contribution in [1.29, 1.82) is 0 Å². The van der Waals surface area contributed by atoms with Crippen molar-refractivity contribution < 1.29 is 4.74 Å². The molecule has 1 aliphatic rings. The molecule has 0 saturated carbocycles. The Kier molecular flexibility index (Phi) is 3.83. The molecule has 82 valence electrons. The van der Waals surface area contributed by atoms with Gasteiger partial charge in [0.2, 0.25) is 0 Å². The third kappa shape index (κ3) is 2.62. The number of thiol groups is 1. The highest BCUT2D eigenvalue weighted by Gasteiger charge is 2.14. The Morgan fingerprint density at radius 3 is 3.13 bits per heavy atom. The summed E-state index contributed by atoms with van der Waals surface area (Å²) in [6, 6.07) is 6.31. The molecule has 0 fully saturated rings. The minimum Gasteiger partial charge on any atom is -0.497 e. The van der Waals surface area contributed by atoms with E-state index in [-0.39, 0.29) is 0 Å². The largest absolute Gasteiger partial charge is 0.497 e. The fourth-order valence-corrected chi connectivity index (χ4v) is 2.96. The first kappa shape index (κ1) is 11.2. The summed E-state index contributed by atoms with van der Waals surface area (Å²) in [7, 11) is 1.71. The van der Waals surface area contributed by atoms with Crippen molar-refractivity contribution >= 4 is 24.4 Å². The van der Waals surface area contributed by atoms with E-state index in [4.69, 9.17) is 4.74 Å². The van der Waals surface area contributed by atoms with Crippen LogP contribution in [0.4, 0.5) is 0 Å². The Morgan fingerprint density at radius 1 is 1.53 bits per heavy atom. The van der Waals surface area contributed by atoms with E-state index < -0.39 is 0 Å². The summed E-state index contributed by atoms with van der Waals surface area (Å²) in [6.07, 6.45) is 0. The van der Waals surface area contributed by atoms with Gasteiger partial charge in [0.25, 0.3) is 0 Å². The molecule has 1 aromatic rings. The van der Waals surface area contributed by atoms with Crippen LogP contribution in [-0.4, -0.2) is 30.2 Å². The molecule has 0 unspecified atom stereocenters. The molecule has 2 rings (SSSR count). The molecule has 1 aromatic carbocycles. The van der Waals surface area contributed by atoms with E-state index in [0.717, 1.165) is 30.5 Å². The Labute approximate surface area is 100 Å². The molecule has 0 saturated heterocycles. The molecule has 0 bridgehead atoms. The third-order valence-corrected chi connectivity index (χ3v) is 4.02. The Balaban J connectivity index is 2.27. The van der Waals surface area contributed by atoms with E-state index in [9.17, 15) is 0 Å². The topological polar surface area (TPSA) is 12.5 Å². The smallest absolute Gasteiger partial charge is 0.119 e. The van der Waals surface area contributed by atoms with E-state index in [1.54, 1.807) is 7.11 Å². The minimum atomic E-state index is 0.817. The molecular weight excluding hydrogens is 226 g/mol. The SMILES string of the molecule is COc1ccc2c(c1)CN(CS)CCS2. The quantitative estimate of drug-likeness (QED) is 0.799. The fraction of sp³-hybridized carbons (Fsp3) is 0.455. The Hall–Kier alpha value is -0.320. The van der Waals surface area contributed by atoms with Crippen LogP contribution in [0.1, 0.15) is 5.56 Å². The number of fused-ring (bicyclic) bond motifs is 1. The molecule has 0 amide bonds. The van der Waals surface area contributed by atoms with Crippen LogP contribution in [-0.2, 0) is 6.54 Å². The summed E-state index contributed by atoms with van der Waals surface area (Å²) in [5.41, 5.74) is 1.35. The van der Waals surface area contributed by atoms with Crippen molar-refractivity contribution in [2.75, 3.05) is 25.3 Å². The molecule has 2 nitrogen and oxygen atoms in total. The number of ether oxygens (including phenoxy) is 1. The highest BCUT2D eigenvalue weighted by atomic mass is 32.2. The van der Waals surface area contributed by atoms with Gasteiger partial charge in [0, 0.05) is 29.6 Å². The highest BCUT2D eigenvalue weighted by Crippen LogP contribution is 2.30. The van der Waals surface area contributed by atoms with Gasteiger partial charge in [0.15, 0.2) is 0 Å². The van der Waals surface area contributed by atoms with Gasteiger partial charge in [-0.25, -0.2) is 0 Å². The summed E-state index contributed by atoms with van der Waals surface area (Å²) in [5, 5.41) is 0. The summed E-state index contributed by atoms with van der Waals surface area (Å²) >= 11 is 6.25. The van der Waals surface area contributed by atoms with Gasteiger partial charge in [-0.2, -0.15) is 12.6 Å². The lowest BCUT2D eigenvalue weighted by Crippen LogP contribution is -2.22. The van der Waals surface area contributed by atoms with Crippen LogP contribution < -0.4 is 4.74 Å². The second-order valence-electron chi connectivity index (χ2n) is 3.52.